The standard InChI is InChI=1S/C13H11BrO3/c14-7-11-6-12(15)13(9-16-11)17-8-10-4-2-1-3-5-10/h1-6,9H,7-8H2. The first kappa shape index (κ1) is 11.9. The number of hydrogen-bond donors (Lipinski definition) is 0. The Morgan fingerprint density at radius 1 is 1.24 bits per heavy atom. The number of rotatable bonds is 4. The van der Waals surface area contributed by atoms with Crippen molar-refractivity contribution in [2.24, 2.45) is 0 Å². The zero-order chi connectivity index (χ0) is 12.1. The van der Waals surface area contributed by atoms with E-state index in [1.807, 2.05) is 30.3 Å². The van der Waals surface area contributed by atoms with Gasteiger partial charge in [0.1, 0.15) is 18.6 Å². The van der Waals surface area contributed by atoms with Gasteiger partial charge in [0.15, 0.2) is 0 Å². The van der Waals surface area contributed by atoms with Crippen LogP contribution in [0.1, 0.15) is 11.3 Å². The molecule has 0 atom stereocenters. The van der Waals surface area contributed by atoms with Gasteiger partial charge in [0.05, 0.1) is 5.33 Å². The molecule has 2 aromatic rings. The third-order valence-electron chi connectivity index (χ3n) is 2.22. The first-order valence-corrected chi connectivity index (χ1v) is 6.26. The Balaban J connectivity index is 2.07. The molecule has 17 heavy (non-hydrogen) atoms. The molecule has 0 aliphatic carbocycles. The third-order valence-corrected chi connectivity index (χ3v) is 2.77. The van der Waals surface area contributed by atoms with Crippen LogP contribution in [0.5, 0.6) is 5.75 Å². The van der Waals surface area contributed by atoms with Crippen LogP contribution in [0.25, 0.3) is 0 Å². The Morgan fingerprint density at radius 3 is 2.65 bits per heavy atom. The maximum atomic E-state index is 11.6. The molecule has 0 saturated carbocycles. The second kappa shape index (κ2) is 5.68. The molecule has 88 valence electrons. The van der Waals surface area contributed by atoms with Crippen LogP contribution in [0, 0.1) is 0 Å². The molecule has 0 bridgehead atoms. The molecule has 4 heteroatoms. The Labute approximate surface area is 107 Å². The molecule has 0 fully saturated rings. The summed E-state index contributed by atoms with van der Waals surface area (Å²) in [6.07, 6.45) is 1.35. The van der Waals surface area contributed by atoms with Crippen molar-refractivity contribution >= 4 is 15.9 Å². The SMILES string of the molecule is O=c1cc(CBr)occ1OCc1ccccc1. The molecular formula is C13H11BrO3. The molecule has 0 amide bonds. The lowest BCUT2D eigenvalue weighted by molar-refractivity contribution is 0.290. The molecule has 0 spiro atoms. The van der Waals surface area contributed by atoms with Gasteiger partial charge in [-0.1, -0.05) is 46.3 Å². The maximum Gasteiger partial charge on any atom is 0.227 e. The third kappa shape index (κ3) is 3.20. The van der Waals surface area contributed by atoms with Crippen LogP contribution < -0.4 is 10.2 Å². The molecule has 1 aromatic carbocycles. The van der Waals surface area contributed by atoms with Gasteiger partial charge < -0.3 is 9.15 Å². The highest BCUT2D eigenvalue weighted by Crippen LogP contribution is 2.10. The predicted octanol–water partition coefficient (Wildman–Crippen LogP) is 3.11. The average Bonchev–Trinajstić information content (AvgIpc) is 2.38. The highest BCUT2D eigenvalue weighted by Gasteiger charge is 2.04. The minimum atomic E-state index is -0.165. The second-order valence-electron chi connectivity index (χ2n) is 3.48. The minimum absolute atomic E-state index is 0.165. The van der Waals surface area contributed by atoms with Crippen molar-refractivity contribution in [3.05, 3.63) is 64.2 Å². The molecular weight excluding hydrogens is 284 g/mol. The summed E-state index contributed by atoms with van der Waals surface area (Å²) in [6, 6.07) is 11.1. The highest BCUT2D eigenvalue weighted by atomic mass is 79.9. The van der Waals surface area contributed by atoms with Gasteiger partial charge in [-0.15, -0.1) is 0 Å². The first-order chi connectivity index (χ1) is 8.29. The summed E-state index contributed by atoms with van der Waals surface area (Å²) in [5.41, 5.74) is 0.845. The maximum absolute atomic E-state index is 11.6. The van der Waals surface area contributed by atoms with E-state index in [-0.39, 0.29) is 11.2 Å². The molecule has 0 N–H and O–H groups in total. The number of ether oxygens (including phenoxy) is 1. The van der Waals surface area contributed by atoms with E-state index in [2.05, 4.69) is 15.9 Å². The van der Waals surface area contributed by atoms with E-state index < -0.39 is 0 Å². The fourth-order valence-corrected chi connectivity index (χ4v) is 1.64. The second-order valence-corrected chi connectivity index (χ2v) is 4.04. The van der Waals surface area contributed by atoms with Crippen molar-refractivity contribution < 1.29 is 9.15 Å². The highest BCUT2D eigenvalue weighted by molar-refractivity contribution is 9.08. The fourth-order valence-electron chi connectivity index (χ4n) is 1.35. The van der Waals surface area contributed by atoms with Crippen molar-refractivity contribution in [1.29, 1.82) is 0 Å². The predicted molar refractivity (Wildman–Crippen MR) is 68.4 cm³/mol. The number of hydrogen-bond acceptors (Lipinski definition) is 3. The molecule has 0 radical (unpaired) electrons. The molecule has 1 aromatic heterocycles. The van der Waals surface area contributed by atoms with Gasteiger partial charge in [-0.2, -0.15) is 0 Å². The quantitative estimate of drug-likeness (QED) is 0.814. The monoisotopic (exact) mass is 294 g/mol. The molecule has 0 aliphatic heterocycles. The first-order valence-electron chi connectivity index (χ1n) is 5.14. The van der Waals surface area contributed by atoms with Crippen molar-refractivity contribution in [2.45, 2.75) is 11.9 Å². The summed E-state index contributed by atoms with van der Waals surface area (Å²) in [6.45, 7) is 0.360. The van der Waals surface area contributed by atoms with Gasteiger partial charge in [0, 0.05) is 6.07 Å². The van der Waals surface area contributed by atoms with Gasteiger partial charge in [-0.05, 0) is 5.56 Å². The van der Waals surface area contributed by atoms with Gasteiger partial charge in [-0.25, -0.2) is 0 Å². The van der Waals surface area contributed by atoms with E-state index in [0.717, 1.165) is 5.56 Å². The summed E-state index contributed by atoms with van der Waals surface area (Å²) in [5, 5.41) is 0.515. The molecule has 0 saturated heterocycles. The van der Waals surface area contributed by atoms with E-state index >= 15 is 0 Å². The molecule has 1 heterocycles. The lowest BCUT2D eigenvalue weighted by Crippen LogP contribution is -2.07. The zero-order valence-electron chi connectivity index (χ0n) is 9.06. The average molecular weight is 295 g/mol. The molecule has 3 nitrogen and oxygen atoms in total. The lowest BCUT2D eigenvalue weighted by atomic mass is 10.2. The van der Waals surface area contributed by atoms with Gasteiger partial charge in [-0.3, -0.25) is 4.79 Å². The van der Waals surface area contributed by atoms with Crippen molar-refractivity contribution in [2.75, 3.05) is 0 Å². The van der Waals surface area contributed by atoms with E-state index in [1.165, 1.54) is 12.3 Å². The van der Waals surface area contributed by atoms with Crippen molar-refractivity contribution in [3.8, 4) is 5.75 Å². The van der Waals surface area contributed by atoms with Crippen LogP contribution in [0.3, 0.4) is 0 Å². The lowest BCUT2D eigenvalue weighted by Gasteiger charge is -2.05. The van der Waals surface area contributed by atoms with E-state index in [0.29, 0.717) is 17.7 Å². The van der Waals surface area contributed by atoms with E-state index in [1.54, 1.807) is 0 Å². The summed E-state index contributed by atoms with van der Waals surface area (Å²) < 4.78 is 10.6. The Hall–Kier alpha value is -1.55. The summed E-state index contributed by atoms with van der Waals surface area (Å²) in [7, 11) is 0. The van der Waals surface area contributed by atoms with Crippen molar-refractivity contribution in [1.82, 2.24) is 0 Å². The summed E-state index contributed by atoms with van der Waals surface area (Å²) >= 11 is 3.22. The normalized spacial score (nSPS) is 10.2. The van der Waals surface area contributed by atoms with Crippen LogP contribution in [-0.4, -0.2) is 0 Å². The number of benzene rings is 1. The number of halogens is 1. The van der Waals surface area contributed by atoms with E-state index in [4.69, 9.17) is 9.15 Å². The molecule has 0 unspecified atom stereocenters. The molecule has 2 rings (SSSR count). The summed E-state index contributed by atoms with van der Waals surface area (Å²) in [5.74, 6) is 0.820. The molecule has 0 aliphatic rings. The van der Waals surface area contributed by atoms with Crippen LogP contribution in [0.2, 0.25) is 0 Å². The van der Waals surface area contributed by atoms with Crippen molar-refractivity contribution in [3.63, 3.8) is 0 Å². The largest absolute Gasteiger partial charge is 0.482 e. The van der Waals surface area contributed by atoms with Gasteiger partial charge in [0.25, 0.3) is 0 Å². The topological polar surface area (TPSA) is 39.4 Å². The van der Waals surface area contributed by atoms with E-state index in [9.17, 15) is 4.79 Å². The Bertz CT molecular complexity index is 534. The Morgan fingerprint density at radius 2 is 2.00 bits per heavy atom. The Kier molecular flexibility index (Phi) is 3.98. The zero-order valence-corrected chi connectivity index (χ0v) is 10.6. The van der Waals surface area contributed by atoms with Crippen LogP contribution in [0.4, 0.5) is 0 Å². The summed E-state index contributed by atoms with van der Waals surface area (Å²) in [4.78, 5) is 11.6. The smallest absolute Gasteiger partial charge is 0.227 e. The van der Waals surface area contributed by atoms with Gasteiger partial charge in [0.2, 0.25) is 11.2 Å². The van der Waals surface area contributed by atoms with Gasteiger partial charge >= 0.3 is 0 Å². The van der Waals surface area contributed by atoms with Crippen LogP contribution in [-0.2, 0) is 11.9 Å². The van der Waals surface area contributed by atoms with Crippen LogP contribution >= 0.6 is 15.9 Å². The number of alkyl halides is 1. The minimum Gasteiger partial charge on any atom is -0.482 e. The van der Waals surface area contributed by atoms with Crippen LogP contribution in [0.15, 0.2) is 51.9 Å². The fraction of sp³-hybridized carbons (Fsp3) is 0.154.